The van der Waals surface area contributed by atoms with Gasteiger partial charge in [-0.25, -0.2) is 4.98 Å². The summed E-state index contributed by atoms with van der Waals surface area (Å²) in [5, 5.41) is 0. The number of hydrogen-bond donors (Lipinski definition) is 1. The summed E-state index contributed by atoms with van der Waals surface area (Å²) in [6.45, 7) is 7.52. The first-order valence-electron chi connectivity index (χ1n) is 7.63. The minimum atomic E-state index is 0.0342. The molecular formula is C15H27N3O2. The van der Waals surface area contributed by atoms with Gasteiger partial charge in [0.25, 0.3) is 0 Å². The van der Waals surface area contributed by atoms with Crippen LogP contribution in [0.2, 0.25) is 0 Å². The van der Waals surface area contributed by atoms with E-state index in [4.69, 9.17) is 15.2 Å². The van der Waals surface area contributed by atoms with Crippen LogP contribution in [0.4, 0.5) is 0 Å². The maximum Gasteiger partial charge on any atom is 0.0948 e. The van der Waals surface area contributed by atoms with E-state index in [1.807, 2.05) is 12.5 Å². The second-order valence-electron chi connectivity index (χ2n) is 5.79. The van der Waals surface area contributed by atoms with E-state index >= 15 is 0 Å². The quantitative estimate of drug-likeness (QED) is 0.741. The number of unbranched alkanes of at least 4 members (excludes halogenated alkanes) is 1. The molecule has 0 aromatic carbocycles. The predicted octanol–water partition coefficient (Wildman–Crippen LogP) is 2.12. The summed E-state index contributed by atoms with van der Waals surface area (Å²) in [6, 6.07) is 0.0342. The fourth-order valence-corrected chi connectivity index (χ4v) is 2.58. The van der Waals surface area contributed by atoms with E-state index in [1.165, 1.54) is 0 Å². The summed E-state index contributed by atoms with van der Waals surface area (Å²) in [5.74, 6) is 0.426. The fraction of sp³-hybridized carbons (Fsp3) is 0.800. The highest BCUT2D eigenvalue weighted by molar-refractivity contribution is 5.07. The monoisotopic (exact) mass is 281 g/mol. The van der Waals surface area contributed by atoms with Gasteiger partial charge in [0.1, 0.15) is 0 Å². The summed E-state index contributed by atoms with van der Waals surface area (Å²) >= 11 is 0. The van der Waals surface area contributed by atoms with Gasteiger partial charge in [-0.3, -0.25) is 0 Å². The standard InChI is InChI=1S/C15H27N3O2/c1-12(2)20-7-4-3-6-18-11-17-9-14(18)15(16)13-5-8-19-10-13/h9,11-13,15H,3-8,10,16H2,1-2H3. The molecule has 5 nitrogen and oxygen atoms in total. The highest BCUT2D eigenvalue weighted by Gasteiger charge is 2.26. The third kappa shape index (κ3) is 4.30. The Kier molecular flexibility index (Phi) is 6.01. The van der Waals surface area contributed by atoms with Gasteiger partial charge in [0.2, 0.25) is 0 Å². The van der Waals surface area contributed by atoms with Crippen molar-refractivity contribution in [2.75, 3.05) is 19.8 Å². The summed E-state index contributed by atoms with van der Waals surface area (Å²) in [4.78, 5) is 4.25. The zero-order valence-electron chi connectivity index (χ0n) is 12.6. The van der Waals surface area contributed by atoms with Gasteiger partial charge in [-0.2, -0.15) is 0 Å². The zero-order chi connectivity index (χ0) is 14.4. The Morgan fingerprint density at radius 2 is 2.35 bits per heavy atom. The molecule has 1 saturated heterocycles. The van der Waals surface area contributed by atoms with Crippen molar-refractivity contribution in [3.05, 3.63) is 18.2 Å². The van der Waals surface area contributed by atoms with Crippen LogP contribution in [0.1, 0.15) is 44.8 Å². The number of rotatable bonds is 8. The number of imidazole rings is 1. The first kappa shape index (κ1) is 15.5. The average molecular weight is 281 g/mol. The Morgan fingerprint density at radius 3 is 3.05 bits per heavy atom. The number of nitrogens with two attached hydrogens (primary N) is 1. The van der Waals surface area contributed by atoms with E-state index < -0.39 is 0 Å². The SMILES string of the molecule is CC(C)OCCCCn1cncc1C(N)C1CCOC1. The van der Waals surface area contributed by atoms with Crippen molar-refractivity contribution in [1.29, 1.82) is 0 Å². The Bertz CT molecular complexity index is 386. The molecule has 2 atom stereocenters. The molecule has 0 radical (unpaired) electrons. The van der Waals surface area contributed by atoms with E-state index in [-0.39, 0.29) is 6.04 Å². The van der Waals surface area contributed by atoms with Crippen LogP contribution in [-0.4, -0.2) is 35.5 Å². The molecule has 0 aliphatic carbocycles. The lowest BCUT2D eigenvalue weighted by Gasteiger charge is -2.19. The molecule has 2 N–H and O–H groups in total. The number of hydrogen-bond acceptors (Lipinski definition) is 4. The third-order valence-electron chi connectivity index (χ3n) is 3.80. The first-order valence-corrected chi connectivity index (χ1v) is 7.63. The summed E-state index contributed by atoms with van der Waals surface area (Å²) in [7, 11) is 0. The van der Waals surface area contributed by atoms with Crippen LogP contribution in [0.5, 0.6) is 0 Å². The van der Waals surface area contributed by atoms with Crippen molar-refractivity contribution in [1.82, 2.24) is 9.55 Å². The molecule has 0 amide bonds. The van der Waals surface area contributed by atoms with Gasteiger partial charge >= 0.3 is 0 Å². The smallest absolute Gasteiger partial charge is 0.0948 e. The van der Waals surface area contributed by atoms with Crippen LogP contribution >= 0.6 is 0 Å². The van der Waals surface area contributed by atoms with Gasteiger partial charge in [0, 0.05) is 31.9 Å². The lowest BCUT2D eigenvalue weighted by molar-refractivity contribution is 0.0754. The number of nitrogens with zero attached hydrogens (tertiary/aromatic N) is 2. The predicted molar refractivity (Wildman–Crippen MR) is 78.4 cm³/mol. The zero-order valence-corrected chi connectivity index (χ0v) is 12.6. The molecule has 1 aliphatic heterocycles. The fourth-order valence-electron chi connectivity index (χ4n) is 2.58. The van der Waals surface area contributed by atoms with Crippen LogP contribution in [0.15, 0.2) is 12.5 Å². The molecule has 1 aliphatic rings. The Labute approximate surface area is 121 Å². The van der Waals surface area contributed by atoms with Crippen molar-refractivity contribution < 1.29 is 9.47 Å². The Hall–Kier alpha value is -0.910. The van der Waals surface area contributed by atoms with E-state index in [9.17, 15) is 0 Å². The molecule has 0 saturated carbocycles. The molecular weight excluding hydrogens is 254 g/mol. The second kappa shape index (κ2) is 7.76. The number of aryl methyl sites for hydroxylation is 1. The molecule has 1 aromatic heterocycles. The van der Waals surface area contributed by atoms with Gasteiger partial charge in [-0.05, 0) is 33.1 Å². The van der Waals surface area contributed by atoms with E-state index in [0.29, 0.717) is 12.0 Å². The Balaban J connectivity index is 1.79. The van der Waals surface area contributed by atoms with Crippen LogP contribution in [-0.2, 0) is 16.0 Å². The molecule has 0 spiro atoms. The number of ether oxygens (including phenoxy) is 2. The van der Waals surface area contributed by atoms with Gasteiger partial charge in [-0.1, -0.05) is 0 Å². The van der Waals surface area contributed by atoms with E-state index in [0.717, 1.165) is 51.3 Å². The van der Waals surface area contributed by atoms with Crippen molar-refractivity contribution in [3.8, 4) is 0 Å². The molecule has 0 bridgehead atoms. The molecule has 2 rings (SSSR count). The summed E-state index contributed by atoms with van der Waals surface area (Å²) in [5.41, 5.74) is 7.48. The molecule has 2 heterocycles. The van der Waals surface area contributed by atoms with E-state index in [2.05, 4.69) is 23.4 Å². The third-order valence-corrected chi connectivity index (χ3v) is 3.80. The van der Waals surface area contributed by atoms with Crippen molar-refractivity contribution in [2.24, 2.45) is 11.7 Å². The lowest BCUT2D eigenvalue weighted by Crippen LogP contribution is -2.24. The highest BCUT2D eigenvalue weighted by atomic mass is 16.5. The normalized spacial score (nSPS) is 20.7. The van der Waals surface area contributed by atoms with Gasteiger partial charge < -0.3 is 19.8 Å². The van der Waals surface area contributed by atoms with Crippen LogP contribution < -0.4 is 5.73 Å². The number of aromatic nitrogens is 2. The molecule has 1 fully saturated rings. The van der Waals surface area contributed by atoms with Crippen molar-refractivity contribution in [3.63, 3.8) is 0 Å². The maximum absolute atomic E-state index is 6.35. The van der Waals surface area contributed by atoms with Crippen molar-refractivity contribution >= 4 is 0 Å². The topological polar surface area (TPSA) is 62.3 Å². The second-order valence-corrected chi connectivity index (χ2v) is 5.79. The van der Waals surface area contributed by atoms with Gasteiger partial charge in [-0.15, -0.1) is 0 Å². The largest absolute Gasteiger partial charge is 0.381 e. The van der Waals surface area contributed by atoms with Gasteiger partial charge in [0.05, 0.1) is 30.8 Å². The average Bonchev–Trinajstić information content (AvgIpc) is 3.08. The van der Waals surface area contributed by atoms with Crippen LogP contribution in [0, 0.1) is 5.92 Å². The minimum Gasteiger partial charge on any atom is -0.381 e. The summed E-state index contributed by atoms with van der Waals surface area (Å²) < 4.78 is 13.2. The Morgan fingerprint density at radius 1 is 1.50 bits per heavy atom. The maximum atomic E-state index is 6.35. The highest BCUT2D eigenvalue weighted by Crippen LogP contribution is 2.26. The minimum absolute atomic E-state index is 0.0342. The van der Waals surface area contributed by atoms with Crippen LogP contribution in [0.3, 0.4) is 0 Å². The first-order chi connectivity index (χ1) is 9.68. The molecule has 2 unspecified atom stereocenters. The molecule has 5 heteroatoms. The lowest BCUT2D eigenvalue weighted by atomic mass is 9.97. The van der Waals surface area contributed by atoms with Gasteiger partial charge in [0.15, 0.2) is 0 Å². The van der Waals surface area contributed by atoms with E-state index in [1.54, 1.807) is 0 Å². The molecule has 114 valence electrons. The van der Waals surface area contributed by atoms with Crippen molar-refractivity contribution in [2.45, 2.75) is 51.8 Å². The van der Waals surface area contributed by atoms with Crippen LogP contribution in [0.25, 0.3) is 0 Å². The summed E-state index contributed by atoms with van der Waals surface area (Å²) in [6.07, 6.45) is 7.30. The molecule has 1 aromatic rings. The molecule has 20 heavy (non-hydrogen) atoms.